The maximum atomic E-state index is 8.79. The quantitative estimate of drug-likeness (QED) is 0.364. The molecule has 0 unspecified atom stereocenters. The fraction of sp³-hybridized carbons (Fsp3) is 0.400. The maximum Gasteiger partial charge on any atom is 0.510 e. The van der Waals surface area contributed by atoms with Gasteiger partial charge in [-0.05, 0) is 6.92 Å². The van der Waals surface area contributed by atoms with Gasteiger partial charge in [0.25, 0.3) is 0 Å². The highest BCUT2D eigenvalue weighted by molar-refractivity contribution is 7.80. The van der Waals surface area contributed by atoms with E-state index < -0.39 is 7.12 Å². The van der Waals surface area contributed by atoms with Crippen molar-refractivity contribution in [3.63, 3.8) is 0 Å². The Bertz CT molecular complexity index is 274. The van der Waals surface area contributed by atoms with Crippen LogP contribution in [0.4, 0.5) is 0 Å². The molecule has 6 heteroatoms. The number of aromatic nitrogens is 2. The van der Waals surface area contributed by atoms with E-state index >= 15 is 0 Å². The third-order valence-corrected chi connectivity index (χ3v) is 2.04. The molecule has 0 amide bonds. The molecule has 11 heavy (non-hydrogen) atoms. The van der Waals surface area contributed by atoms with Gasteiger partial charge in [0.2, 0.25) is 0 Å². The van der Waals surface area contributed by atoms with Gasteiger partial charge in [-0.2, -0.15) is 0 Å². The van der Waals surface area contributed by atoms with Crippen molar-refractivity contribution in [1.29, 1.82) is 0 Å². The first-order valence-electron chi connectivity index (χ1n) is 3.12. The number of imidazole rings is 1. The van der Waals surface area contributed by atoms with Crippen molar-refractivity contribution in [3.05, 3.63) is 5.69 Å². The Hall–Kier alpha value is -0.455. The molecule has 0 aliphatic rings. The van der Waals surface area contributed by atoms with E-state index in [1.54, 1.807) is 18.5 Å². The van der Waals surface area contributed by atoms with Gasteiger partial charge in [-0.1, -0.05) is 0 Å². The third kappa shape index (κ3) is 1.42. The Labute approximate surface area is 70.4 Å². The van der Waals surface area contributed by atoms with E-state index in [1.165, 1.54) is 0 Å². The minimum atomic E-state index is -1.51. The summed E-state index contributed by atoms with van der Waals surface area (Å²) in [5.74, 6) is 0. The topological polar surface area (TPSA) is 58.3 Å². The molecular weight excluding hydrogens is 163 g/mol. The van der Waals surface area contributed by atoms with E-state index in [0.717, 1.165) is 0 Å². The van der Waals surface area contributed by atoms with Crippen molar-refractivity contribution in [3.8, 4) is 0 Å². The zero-order valence-electron chi connectivity index (χ0n) is 6.31. The summed E-state index contributed by atoms with van der Waals surface area (Å²) in [7, 11) is 0.249. The number of hydrogen-bond acceptors (Lipinski definition) is 4. The Kier molecular flexibility index (Phi) is 2.27. The van der Waals surface area contributed by atoms with E-state index in [1.807, 2.05) is 0 Å². The maximum absolute atomic E-state index is 8.79. The summed E-state index contributed by atoms with van der Waals surface area (Å²) in [5, 5.41) is 18.1. The SMILES string of the molecule is Cc1c(B(O)O)nc(S)n1C. The molecule has 2 N–H and O–H groups in total. The summed E-state index contributed by atoms with van der Waals surface area (Å²) in [5.41, 5.74) is 0.975. The van der Waals surface area contributed by atoms with Crippen LogP contribution in [-0.4, -0.2) is 26.7 Å². The molecule has 1 heterocycles. The summed E-state index contributed by atoms with van der Waals surface area (Å²) < 4.78 is 1.68. The monoisotopic (exact) mass is 172 g/mol. The summed E-state index contributed by atoms with van der Waals surface area (Å²) in [6.07, 6.45) is 0. The van der Waals surface area contributed by atoms with Gasteiger partial charge in [0.05, 0.1) is 5.59 Å². The highest BCUT2D eigenvalue weighted by Crippen LogP contribution is 2.02. The Morgan fingerprint density at radius 2 is 2.09 bits per heavy atom. The van der Waals surface area contributed by atoms with Crippen LogP contribution in [0.1, 0.15) is 5.69 Å². The molecule has 0 atom stereocenters. The second kappa shape index (κ2) is 2.88. The predicted octanol–water partition coefficient (Wildman–Crippen LogP) is -1.30. The lowest BCUT2D eigenvalue weighted by Crippen LogP contribution is -2.33. The second-order valence-electron chi connectivity index (χ2n) is 2.32. The number of hydrogen-bond donors (Lipinski definition) is 3. The molecule has 4 nitrogen and oxygen atoms in total. The van der Waals surface area contributed by atoms with Gasteiger partial charge < -0.3 is 14.6 Å². The molecule has 0 aromatic carbocycles. The molecule has 1 aromatic heterocycles. The van der Waals surface area contributed by atoms with Crippen LogP contribution in [0.2, 0.25) is 0 Å². The van der Waals surface area contributed by atoms with Gasteiger partial charge in [-0.25, -0.2) is 4.98 Å². The van der Waals surface area contributed by atoms with Crippen LogP contribution in [0.25, 0.3) is 0 Å². The molecular formula is C5H9BN2O2S. The molecule has 0 spiro atoms. The fourth-order valence-electron chi connectivity index (χ4n) is 0.830. The van der Waals surface area contributed by atoms with Crippen molar-refractivity contribution in [1.82, 2.24) is 9.55 Å². The summed E-state index contributed by atoms with van der Waals surface area (Å²) in [4.78, 5) is 3.84. The first-order chi connectivity index (χ1) is 5.04. The van der Waals surface area contributed by atoms with Crippen LogP contribution in [0.5, 0.6) is 0 Å². The van der Waals surface area contributed by atoms with E-state index in [0.29, 0.717) is 10.9 Å². The Balaban J connectivity index is 3.19. The van der Waals surface area contributed by atoms with Crippen molar-refractivity contribution >= 4 is 25.3 Å². The van der Waals surface area contributed by atoms with E-state index in [-0.39, 0.29) is 5.59 Å². The molecule has 0 bridgehead atoms. The van der Waals surface area contributed by atoms with Crippen LogP contribution in [0.15, 0.2) is 5.16 Å². The summed E-state index contributed by atoms with van der Waals surface area (Å²) in [6.45, 7) is 1.75. The zero-order valence-corrected chi connectivity index (χ0v) is 7.21. The largest absolute Gasteiger partial charge is 0.510 e. The van der Waals surface area contributed by atoms with Gasteiger partial charge >= 0.3 is 7.12 Å². The van der Waals surface area contributed by atoms with Gasteiger partial charge in [0.1, 0.15) is 0 Å². The summed E-state index contributed by atoms with van der Waals surface area (Å²) in [6, 6.07) is 0. The summed E-state index contributed by atoms with van der Waals surface area (Å²) >= 11 is 4.01. The van der Waals surface area contributed by atoms with Crippen LogP contribution in [0.3, 0.4) is 0 Å². The van der Waals surface area contributed by atoms with Gasteiger partial charge in [0, 0.05) is 12.7 Å². The lowest BCUT2D eigenvalue weighted by Gasteiger charge is -1.97. The lowest BCUT2D eigenvalue weighted by atomic mass is 9.85. The molecule has 0 aliphatic carbocycles. The van der Waals surface area contributed by atoms with Gasteiger partial charge in [-0.15, -0.1) is 12.6 Å². The van der Waals surface area contributed by atoms with Crippen molar-refractivity contribution in [2.45, 2.75) is 12.1 Å². The molecule has 0 aliphatic heterocycles. The van der Waals surface area contributed by atoms with Gasteiger partial charge in [0.15, 0.2) is 5.16 Å². The number of rotatable bonds is 1. The van der Waals surface area contributed by atoms with E-state index in [2.05, 4.69) is 17.6 Å². The predicted molar refractivity (Wildman–Crippen MR) is 45.0 cm³/mol. The highest BCUT2D eigenvalue weighted by atomic mass is 32.1. The smallest absolute Gasteiger partial charge is 0.422 e. The van der Waals surface area contributed by atoms with Crippen molar-refractivity contribution in [2.75, 3.05) is 0 Å². The molecule has 0 saturated carbocycles. The highest BCUT2D eigenvalue weighted by Gasteiger charge is 2.19. The zero-order chi connectivity index (χ0) is 8.59. The fourth-order valence-corrected chi connectivity index (χ4v) is 1.09. The molecule has 0 fully saturated rings. The molecule has 0 radical (unpaired) electrons. The first kappa shape index (κ1) is 8.64. The van der Waals surface area contributed by atoms with Crippen LogP contribution >= 0.6 is 12.6 Å². The Morgan fingerprint density at radius 3 is 2.27 bits per heavy atom. The number of thiol groups is 1. The molecule has 1 rings (SSSR count). The van der Waals surface area contributed by atoms with Crippen molar-refractivity contribution in [2.24, 2.45) is 7.05 Å². The minimum Gasteiger partial charge on any atom is -0.422 e. The van der Waals surface area contributed by atoms with E-state index in [9.17, 15) is 0 Å². The van der Waals surface area contributed by atoms with Gasteiger partial charge in [-0.3, -0.25) is 0 Å². The second-order valence-corrected chi connectivity index (χ2v) is 2.72. The first-order valence-corrected chi connectivity index (χ1v) is 3.57. The third-order valence-electron chi connectivity index (χ3n) is 1.64. The van der Waals surface area contributed by atoms with Crippen LogP contribution < -0.4 is 5.59 Å². The standard InChI is InChI=1S/C5H9BN2O2S/c1-3-4(6(9)10)7-5(11)8(3)2/h9-10H,1-2H3,(H,7,11). The molecule has 60 valence electrons. The lowest BCUT2D eigenvalue weighted by molar-refractivity contribution is 0.424. The number of nitrogens with zero attached hydrogens (tertiary/aromatic N) is 2. The molecule has 1 aromatic rings. The normalized spacial score (nSPS) is 10.3. The van der Waals surface area contributed by atoms with Crippen LogP contribution in [0, 0.1) is 6.92 Å². The Morgan fingerprint density at radius 1 is 1.55 bits per heavy atom. The minimum absolute atomic E-state index is 0.262. The van der Waals surface area contributed by atoms with E-state index in [4.69, 9.17) is 10.0 Å². The van der Waals surface area contributed by atoms with Crippen molar-refractivity contribution < 1.29 is 10.0 Å². The molecule has 0 saturated heterocycles. The average molecular weight is 172 g/mol. The van der Waals surface area contributed by atoms with Crippen LogP contribution in [-0.2, 0) is 7.05 Å². The average Bonchev–Trinajstić information content (AvgIpc) is 2.17.